The van der Waals surface area contributed by atoms with Crippen LogP contribution in [0.15, 0.2) is 0 Å². The minimum Gasteiger partial charge on any atom is -0.384 e. The Bertz CT molecular complexity index is 406. The summed E-state index contributed by atoms with van der Waals surface area (Å²) in [5, 5.41) is 0. The summed E-state index contributed by atoms with van der Waals surface area (Å²) in [5.41, 5.74) is 7.20. The summed E-state index contributed by atoms with van der Waals surface area (Å²) in [7, 11) is 0. The first-order chi connectivity index (χ1) is 7.74. The summed E-state index contributed by atoms with van der Waals surface area (Å²) in [6, 6.07) is 0. The summed E-state index contributed by atoms with van der Waals surface area (Å²) >= 11 is 0. The first kappa shape index (κ1) is 11.1. The van der Waals surface area contributed by atoms with E-state index in [0.29, 0.717) is 12.5 Å². The molecule has 16 heavy (non-hydrogen) atoms. The maximum absolute atomic E-state index is 6.13. The third kappa shape index (κ3) is 1.92. The first-order valence-corrected chi connectivity index (χ1v) is 6.00. The highest BCUT2D eigenvalue weighted by Crippen LogP contribution is 2.35. The van der Waals surface area contributed by atoms with Crippen molar-refractivity contribution in [3.63, 3.8) is 0 Å². The maximum atomic E-state index is 6.13. The number of terminal acetylenes is 1. The second kappa shape index (κ2) is 4.61. The molecule has 0 radical (unpaired) electrons. The minimum atomic E-state index is 0.525. The van der Waals surface area contributed by atoms with Crippen LogP contribution >= 0.6 is 0 Å². The van der Waals surface area contributed by atoms with Gasteiger partial charge in [0.2, 0.25) is 0 Å². The van der Waals surface area contributed by atoms with Gasteiger partial charge in [-0.1, -0.05) is 25.2 Å². The van der Waals surface area contributed by atoms with Crippen LogP contribution in [-0.2, 0) is 6.54 Å². The van der Waals surface area contributed by atoms with Crippen LogP contribution in [0, 0.1) is 19.3 Å². The van der Waals surface area contributed by atoms with Gasteiger partial charge < -0.3 is 10.3 Å². The average Bonchev–Trinajstić information content (AvgIpc) is 2.59. The van der Waals surface area contributed by atoms with Gasteiger partial charge in [0.15, 0.2) is 0 Å². The molecule has 1 fully saturated rings. The number of rotatable bonds is 2. The molecule has 1 aromatic heterocycles. The number of nitrogens with two attached hydrogens (primary N) is 1. The van der Waals surface area contributed by atoms with Gasteiger partial charge >= 0.3 is 0 Å². The lowest BCUT2D eigenvalue weighted by atomic mass is 9.87. The van der Waals surface area contributed by atoms with Gasteiger partial charge in [0.25, 0.3) is 0 Å². The Morgan fingerprint density at radius 3 is 2.75 bits per heavy atom. The lowest BCUT2D eigenvalue weighted by molar-refractivity contribution is 0.438. The Hall–Kier alpha value is -1.43. The van der Waals surface area contributed by atoms with Crippen molar-refractivity contribution < 1.29 is 0 Å². The van der Waals surface area contributed by atoms with E-state index in [1.165, 1.54) is 32.1 Å². The van der Waals surface area contributed by atoms with Crippen LogP contribution in [-0.4, -0.2) is 9.55 Å². The Morgan fingerprint density at radius 2 is 2.12 bits per heavy atom. The van der Waals surface area contributed by atoms with Gasteiger partial charge in [-0.05, 0) is 19.8 Å². The van der Waals surface area contributed by atoms with Crippen LogP contribution < -0.4 is 5.73 Å². The van der Waals surface area contributed by atoms with Crippen LogP contribution in [0.25, 0.3) is 0 Å². The first-order valence-electron chi connectivity index (χ1n) is 6.00. The zero-order valence-electron chi connectivity index (χ0n) is 9.87. The van der Waals surface area contributed by atoms with Crippen molar-refractivity contribution in [1.29, 1.82) is 0 Å². The number of hydrogen-bond acceptors (Lipinski definition) is 2. The SMILES string of the molecule is C#CCn1c(C)nc(C2CCCCC2)c1N. The van der Waals surface area contributed by atoms with Crippen LogP contribution in [0.5, 0.6) is 0 Å². The number of aromatic nitrogens is 2. The highest BCUT2D eigenvalue weighted by Gasteiger charge is 2.22. The summed E-state index contributed by atoms with van der Waals surface area (Å²) < 4.78 is 1.93. The van der Waals surface area contributed by atoms with E-state index in [1.54, 1.807) is 0 Å². The van der Waals surface area contributed by atoms with Crippen molar-refractivity contribution in [3.05, 3.63) is 11.5 Å². The molecule has 2 rings (SSSR count). The summed E-state index contributed by atoms with van der Waals surface area (Å²) in [6.45, 7) is 2.50. The van der Waals surface area contributed by atoms with Crippen molar-refractivity contribution in [2.24, 2.45) is 0 Å². The molecular formula is C13H19N3. The van der Waals surface area contributed by atoms with Crippen molar-refractivity contribution in [1.82, 2.24) is 9.55 Å². The molecule has 1 aliphatic rings. The fraction of sp³-hybridized carbons (Fsp3) is 0.615. The highest BCUT2D eigenvalue weighted by molar-refractivity contribution is 5.41. The topological polar surface area (TPSA) is 43.8 Å². The lowest BCUT2D eigenvalue weighted by Gasteiger charge is -2.20. The van der Waals surface area contributed by atoms with E-state index in [4.69, 9.17) is 12.2 Å². The van der Waals surface area contributed by atoms with E-state index < -0.39 is 0 Å². The van der Waals surface area contributed by atoms with Crippen molar-refractivity contribution in [3.8, 4) is 12.3 Å². The molecule has 0 unspecified atom stereocenters. The monoisotopic (exact) mass is 217 g/mol. The number of nitrogens with zero attached hydrogens (tertiary/aromatic N) is 2. The third-order valence-corrected chi connectivity index (χ3v) is 3.47. The van der Waals surface area contributed by atoms with Gasteiger partial charge in [0.05, 0.1) is 12.2 Å². The molecule has 0 saturated heterocycles. The number of aryl methyl sites for hydroxylation is 1. The Morgan fingerprint density at radius 1 is 1.44 bits per heavy atom. The molecule has 3 nitrogen and oxygen atoms in total. The number of imidazole rings is 1. The highest BCUT2D eigenvalue weighted by atomic mass is 15.1. The molecular weight excluding hydrogens is 198 g/mol. The fourth-order valence-corrected chi connectivity index (χ4v) is 2.57. The molecule has 0 spiro atoms. The molecule has 0 bridgehead atoms. The second-order valence-electron chi connectivity index (χ2n) is 4.55. The Kier molecular flexibility index (Phi) is 3.19. The van der Waals surface area contributed by atoms with E-state index in [2.05, 4.69) is 10.9 Å². The molecule has 2 N–H and O–H groups in total. The smallest absolute Gasteiger partial charge is 0.127 e. The van der Waals surface area contributed by atoms with Gasteiger partial charge in [0, 0.05) is 5.92 Å². The predicted molar refractivity (Wildman–Crippen MR) is 66.0 cm³/mol. The summed E-state index contributed by atoms with van der Waals surface area (Å²) in [4.78, 5) is 4.59. The van der Waals surface area contributed by atoms with Gasteiger partial charge in [-0.2, -0.15) is 0 Å². The summed E-state index contributed by atoms with van der Waals surface area (Å²) in [5.74, 6) is 4.89. The predicted octanol–water partition coefficient (Wildman–Crippen LogP) is 2.45. The van der Waals surface area contributed by atoms with Crippen LogP contribution in [0.1, 0.15) is 49.5 Å². The van der Waals surface area contributed by atoms with E-state index in [-0.39, 0.29) is 0 Å². The second-order valence-corrected chi connectivity index (χ2v) is 4.55. The molecule has 1 aliphatic carbocycles. The Balaban J connectivity index is 2.27. The number of hydrogen-bond donors (Lipinski definition) is 1. The van der Waals surface area contributed by atoms with E-state index in [0.717, 1.165) is 17.3 Å². The summed E-state index contributed by atoms with van der Waals surface area (Å²) in [6.07, 6.45) is 11.7. The van der Waals surface area contributed by atoms with Gasteiger partial charge in [-0.3, -0.25) is 0 Å². The molecule has 0 aromatic carbocycles. The third-order valence-electron chi connectivity index (χ3n) is 3.47. The number of anilines is 1. The maximum Gasteiger partial charge on any atom is 0.127 e. The quantitative estimate of drug-likeness (QED) is 0.773. The molecule has 0 aliphatic heterocycles. The minimum absolute atomic E-state index is 0.525. The molecule has 1 aromatic rings. The van der Waals surface area contributed by atoms with E-state index >= 15 is 0 Å². The van der Waals surface area contributed by atoms with Gasteiger partial charge in [-0.25, -0.2) is 4.98 Å². The molecule has 1 heterocycles. The van der Waals surface area contributed by atoms with Crippen LogP contribution in [0.2, 0.25) is 0 Å². The zero-order chi connectivity index (χ0) is 11.5. The zero-order valence-corrected chi connectivity index (χ0v) is 9.87. The number of nitrogen functional groups attached to an aromatic ring is 1. The largest absolute Gasteiger partial charge is 0.384 e. The normalized spacial score (nSPS) is 17.2. The Labute approximate surface area is 97.1 Å². The van der Waals surface area contributed by atoms with Crippen molar-refractivity contribution in [2.45, 2.75) is 51.5 Å². The lowest BCUT2D eigenvalue weighted by Crippen LogP contribution is -2.09. The van der Waals surface area contributed by atoms with E-state index in [9.17, 15) is 0 Å². The van der Waals surface area contributed by atoms with Gasteiger partial charge in [0.1, 0.15) is 11.6 Å². The van der Waals surface area contributed by atoms with E-state index in [1.807, 2.05) is 11.5 Å². The van der Waals surface area contributed by atoms with Gasteiger partial charge in [-0.15, -0.1) is 6.42 Å². The fourth-order valence-electron chi connectivity index (χ4n) is 2.57. The average molecular weight is 217 g/mol. The van der Waals surface area contributed by atoms with Crippen molar-refractivity contribution >= 4 is 5.82 Å². The standard InChI is InChI=1S/C13H19N3/c1-3-9-16-10(2)15-12(13(16)14)11-7-5-4-6-8-11/h1,11H,4-9,14H2,2H3. The van der Waals surface area contributed by atoms with Crippen molar-refractivity contribution in [2.75, 3.05) is 5.73 Å². The molecule has 1 saturated carbocycles. The molecule has 0 atom stereocenters. The van der Waals surface area contributed by atoms with Crippen LogP contribution in [0.3, 0.4) is 0 Å². The molecule has 0 amide bonds. The molecule has 86 valence electrons. The molecule has 3 heteroatoms. The van der Waals surface area contributed by atoms with Crippen LogP contribution in [0.4, 0.5) is 5.82 Å².